The van der Waals surface area contributed by atoms with Crippen molar-refractivity contribution in [1.29, 1.82) is 0 Å². The molecule has 0 aliphatic heterocycles. The lowest BCUT2D eigenvalue weighted by atomic mass is 9.80. The van der Waals surface area contributed by atoms with Gasteiger partial charge in [-0.2, -0.15) is 0 Å². The van der Waals surface area contributed by atoms with Crippen molar-refractivity contribution in [2.75, 3.05) is 7.11 Å². The Morgan fingerprint density at radius 2 is 2.10 bits per heavy atom. The van der Waals surface area contributed by atoms with Crippen LogP contribution in [0.15, 0.2) is 23.1 Å². The van der Waals surface area contributed by atoms with Gasteiger partial charge in [-0.1, -0.05) is 6.42 Å². The predicted octanol–water partition coefficient (Wildman–Crippen LogP) is 1.26. The van der Waals surface area contributed by atoms with Gasteiger partial charge >= 0.3 is 0 Å². The number of carbonyl (C=O) groups is 1. The summed E-state index contributed by atoms with van der Waals surface area (Å²) in [7, 11) is -2.60. The van der Waals surface area contributed by atoms with Gasteiger partial charge in [-0.15, -0.1) is 0 Å². The fourth-order valence-corrected chi connectivity index (χ4v) is 3.11. The zero-order valence-corrected chi connectivity index (χ0v) is 12.9. The highest BCUT2D eigenvalue weighted by molar-refractivity contribution is 7.89. The number of hydrogen-bond donors (Lipinski definition) is 2. The van der Waals surface area contributed by atoms with Crippen LogP contribution >= 0.6 is 0 Å². The number of ether oxygens (including phenoxy) is 1. The van der Waals surface area contributed by atoms with Crippen LogP contribution in [0.25, 0.3) is 0 Å². The number of rotatable bonds is 5. The normalized spacial score (nSPS) is 16.9. The number of carbonyl (C=O) groups excluding carboxylic acids is 1. The van der Waals surface area contributed by atoms with Gasteiger partial charge in [-0.25, -0.2) is 13.6 Å². The lowest BCUT2D eigenvalue weighted by molar-refractivity contribution is 0.0909. The maximum atomic E-state index is 12.2. The molecule has 1 aliphatic rings. The van der Waals surface area contributed by atoms with Crippen molar-refractivity contribution in [3.05, 3.63) is 23.8 Å². The number of benzene rings is 1. The van der Waals surface area contributed by atoms with Gasteiger partial charge in [0.05, 0.1) is 7.11 Å². The number of primary sulfonamides is 1. The van der Waals surface area contributed by atoms with Gasteiger partial charge in [0, 0.05) is 11.6 Å². The minimum absolute atomic E-state index is 0.0753. The van der Waals surface area contributed by atoms with E-state index in [0.717, 1.165) is 12.8 Å². The molecule has 1 amide bonds. The van der Waals surface area contributed by atoms with Crippen LogP contribution in [-0.4, -0.2) is 27.5 Å². The molecule has 0 spiro atoms. The van der Waals surface area contributed by atoms with Gasteiger partial charge < -0.3 is 10.1 Å². The molecule has 1 atom stereocenters. The van der Waals surface area contributed by atoms with Gasteiger partial charge in [0.15, 0.2) is 0 Å². The number of hydrogen-bond acceptors (Lipinski definition) is 4. The third-order valence-electron chi connectivity index (χ3n) is 3.95. The first-order valence-electron chi connectivity index (χ1n) is 6.84. The van der Waals surface area contributed by atoms with E-state index in [1.165, 1.54) is 31.7 Å². The number of sulfonamides is 1. The van der Waals surface area contributed by atoms with E-state index in [1.807, 2.05) is 6.92 Å². The summed E-state index contributed by atoms with van der Waals surface area (Å²) in [4.78, 5) is 12.0. The minimum Gasteiger partial charge on any atom is -0.495 e. The molecule has 1 aromatic rings. The molecule has 116 valence electrons. The Hall–Kier alpha value is -1.60. The highest BCUT2D eigenvalue weighted by atomic mass is 32.2. The van der Waals surface area contributed by atoms with Gasteiger partial charge in [0.25, 0.3) is 5.91 Å². The predicted molar refractivity (Wildman–Crippen MR) is 78.6 cm³/mol. The number of methoxy groups -OCH3 is 1. The summed E-state index contributed by atoms with van der Waals surface area (Å²) < 4.78 is 28.0. The zero-order chi connectivity index (χ0) is 15.6. The van der Waals surface area contributed by atoms with E-state index in [9.17, 15) is 13.2 Å². The van der Waals surface area contributed by atoms with Gasteiger partial charge in [0.1, 0.15) is 10.6 Å². The fraction of sp³-hybridized carbons (Fsp3) is 0.500. The lowest BCUT2D eigenvalue weighted by Gasteiger charge is -2.31. The monoisotopic (exact) mass is 312 g/mol. The van der Waals surface area contributed by atoms with Crippen LogP contribution < -0.4 is 15.2 Å². The van der Waals surface area contributed by atoms with Crippen molar-refractivity contribution >= 4 is 15.9 Å². The second-order valence-electron chi connectivity index (χ2n) is 5.36. The molecule has 1 fully saturated rings. The molecule has 6 nitrogen and oxygen atoms in total. The highest BCUT2D eigenvalue weighted by Crippen LogP contribution is 2.29. The maximum absolute atomic E-state index is 12.2. The number of nitrogens with one attached hydrogen (secondary N) is 1. The van der Waals surface area contributed by atoms with E-state index >= 15 is 0 Å². The van der Waals surface area contributed by atoms with Crippen LogP contribution in [0, 0.1) is 5.92 Å². The molecule has 1 aromatic carbocycles. The summed E-state index contributed by atoms with van der Waals surface area (Å²) in [6.45, 7) is 1.96. The second kappa shape index (κ2) is 6.03. The van der Waals surface area contributed by atoms with E-state index in [4.69, 9.17) is 9.88 Å². The Bertz CT molecular complexity index is 638. The largest absolute Gasteiger partial charge is 0.495 e. The molecule has 1 unspecified atom stereocenters. The summed E-state index contributed by atoms with van der Waals surface area (Å²) in [5, 5.41) is 8.04. The molecule has 0 heterocycles. The molecule has 0 radical (unpaired) electrons. The average molecular weight is 312 g/mol. The zero-order valence-electron chi connectivity index (χ0n) is 12.1. The lowest BCUT2D eigenvalue weighted by Crippen LogP contribution is -2.40. The molecular weight excluding hydrogens is 292 g/mol. The van der Waals surface area contributed by atoms with Gasteiger partial charge in [-0.3, -0.25) is 4.79 Å². The summed E-state index contributed by atoms with van der Waals surface area (Å²) in [6.07, 6.45) is 3.43. The second-order valence-corrected chi connectivity index (χ2v) is 6.89. The molecule has 2 rings (SSSR count). The Morgan fingerprint density at radius 1 is 1.43 bits per heavy atom. The molecule has 0 aromatic heterocycles. The molecule has 1 saturated carbocycles. The van der Waals surface area contributed by atoms with Crippen molar-refractivity contribution in [2.45, 2.75) is 37.1 Å². The van der Waals surface area contributed by atoms with E-state index in [1.54, 1.807) is 0 Å². The van der Waals surface area contributed by atoms with Crippen LogP contribution in [0.1, 0.15) is 36.5 Å². The summed E-state index contributed by atoms with van der Waals surface area (Å²) in [5.41, 5.74) is 0.256. The molecule has 0 saturated heterocycles. The Labute approximate surface area is 124 Å². The summed E-state index contributed by atoms with van der Waals surface area (Å²) >= 11 is 0. The molecule has 7 heteroatoms. The fourth-order valence-electron chi connectivity index (χ4n) is 2.39. The Kier molecular flexibility index (Phi) is 4.53. The van der Waals surface area contributed by atoms with Crippen LogP contribution in [0.4, 0.5) is 0 Å². The third kappa shape index (κ3) is 3.54. The molecule has 3 N–H and O–H groups in total. The van der Waals surface area contributed by atoms with E-state index in [2.05, 4.69) is 5.32 Å². The first-order chi connectivity index (χ1) is 9.82. The van der Waals surface area contributed by atoms with Crippen LogP contribution in [0.2, 0.25) is 0 Å². The van der Waals surface area contributed by atoms with Crippen LogP contribution in [0.3, 0.4) is 0 Å². The standard InChI is InChI=1S/C14H20N2O4S/c1-9(10-4-3-5-10)16-14(17)11-6-7-12(20-2)13(8-11)21(15,18)19/h6-10H,3-5H2,1-2H3,(H,16,17)(H2,15,18,19). The van der Waals surface area contributed by atoms with E-state index in [-0.39, 0.29) is 28.2 Å². The summed E-state index contributed by atoms with van der Waals surface area (Å²) in [5.74, 6) is 0.327. The van der Waals surface area contributed by atoms with E-state index < -0.39 is 10.0 Å². The third-order valence-corrected chi connectivity index (χ3v) is 4.88. The van der Waals surface area contributed by atoms with Crippen LogP contribution in [-0.2, 0) is 10.0 Å². The van der Waals surface area contributed by atoms with Gasteiger partial charge in [-0.05, 0) is 43.9 Å². The average Bonchev–Trinajstić information content (AvgIpc) is 2.34. The minimum atomic E-state index is -3.94. The number of nitrogens with two attached hydrogens (primary N) is 1. The Balaban J connectivity index is 2.21. The smallest absolute Gasteiger partial charge is 0.251 e. The maximum Gasteiger partial charge on any atom is 0.251 e. The van der Waals surface area contributed by atoms with Crippen LogP contribution in [0.5, 0.6) is 5.75 Å². The Morgan fingerprint density at radius 3 is 2.57 bits per heavy atom. The first kappa shape index (κ1) is 15.8. The number of amides is 1. The topological polar surface area (TPSA) is 98.5 Å². The molecule has 1 aliphatic carbocycles. The van der Waals surface area contributed by atoms with Crippen molar-refractivity contribution in [2.24, 2.45) is 11.1 Å². The van der Waals surface area contributed by atoms with Crippen molar-refractivity contribution in [3.8, 4) is 5.75 Å². The first-order valence-corrected chi connectivity index (χ1v) is 8.39. The quantitative estimate of drug-likeness (QED) is 0.855. The van der Waals surface area contributed by atoms with Crippen molar-refractivity contribution < 1.29 is 17.9 Å². The molecule has 21 heavy (non-hydrogen) atoms. The van der Waals surface area contributed by atoms with Crippen molar-refractivity contribution in [3.63, 3.8) is 0 Å². The highest BCUT2D eigenvalue weighted by Gasteiger charge is 2.26. The van der Waals surface area contributed by atoms with Gasteiger partial charge in [0.2, 0.25) is 10.0 Å². The van der Waals surface area contributed by atoms with E-state index in [0.29, 0.717) is 5.92 Å². The van der Waals surface area contributed by atoms with Crippen molar-refractivity contribution in [1.82, 2.24) is 5.32 Å². The molecular formula is C14H20N2O4S. The summed E-state index contributed by atoms with van der Waals surface area (Å²) in [6, 6.07) is 4.28. The SMILES string of the molecule is COc1ccc(C(=O)NC(C)C2CCC2)cc1S(N)(=O)=O. The molecule has 0 bridgehead atoms.